The number of rotatable bonds is 3. The highest BCUT2D eigenvalue weighted by atomic mass is 19.4. The van der Waals surface area contributed by atoms with Gasteiger partial charge in [-0.15, -0.1) is 0 Å². The van der Waals surface area contributed by atoms with Crippen LogP contribution in [0, 0.1) is 5.82 Å². The SMILES string of the molecule is CCN(CC(F)(F)F)C(=O)c1ccccc1F. The van der Waals surface area contributed by atoms with Crippen molar-refractivity contribution in [3.8, 4) is 0 Å². The Hall–Kier alpha value is -1.59. The number of halogens is 4. The Kier molecular flexibility index (Phi) is 4.09. The summed E-state index contributed by atoms with van der Waals surface area (Å²) in [7, 11) is 0. The molecule has 0 aliphatic heterocycles. The average molecular weight is 249 g/mol. The lowest BCUT2D eigenvalue weighted by atomic mass is 10.2. The number of carbonyl (C=O) groups is 1. The quantitative estimate of drug-likeness (QED) is 0.754. The molecule has 0 aliphatic rings. The third kappa shape index (κ3) is 3.72. The average Bonchev–Trinajstić information content (AvgIpc) is 2.24. The second-order valence-electron chi connectivity index (χ2n) is 3.41. The van der Waals surface area contributed by atoms with Gasteiger partial charge in [0.15, 0.2) is 0 Å². The lowest BCUT2D eigenvalue weighted by molar-refractivity contribution is -0.140. The first kappa shape index (κ1) is 13.5. The molecule has 1 aromatic carbocycles. The van der Waals surface area contributed by atoms with Gasteiger partial charge in [0.25, 0.3) is 5.91 Å². The fourth-order valence-corrected chi connectivity index (χ4v) is 1.35. The number of carbonyl (C=O) groups excluding carboxylic acids is 1. The molecule has 0 radical (unpaired) electrons. The summed E-state index contributed by atoms with van der Waals surface area (Å²) in [5, 5.41) is 0. The van der Waals surface area contributed by atoms with Crippen LogP contribution in [0.2, 0.25) is 0 Å². The van der Waals surface area contributed by atoms with Crippen molar-refractivity contribution in [3.05, 3.63) is 35.6 Å². The third-order valence-corrected chi connectivity index (χ3v) is 2.14. The largest absolute Gasteiger partial charge is 0.406 e. The van der Waals surface area contributed by atoms with E-state index in [4.69, 9.17) is 0 Å². The number of alkyl halides is 3. The van der Waals surface area contributed by atoms with E-state index in [0.717, 1.165) is 12.1 Å². The van der Waals surface area contributed by atoms with E-state index >= 15 is 0 Å². The van der Waals surface area contributed by atoms with Gasteiger partial charge in [-0.05, 0) is 19.1 Å². The number of nitrogens with zero attached hydrogens (tertiary/aromatic N) is 1. The smallest absolute Gasteiger partial charge is 0.330 e. The van der Waals surface area contributed by atoms with Gasteiger partial charge in [-0.1, -0.05) is 12.1 Å². The fraction of sp³-hybridized carbons (Fsp3) is 0.364. The number of benzene rings is 1. The van der Waals surface area contributed by atoms with Crippen LogP contribution in [-0.2, 0) is 0 Å². The van der Waals surface area contributed by atoms with Crippen molar-refractivity contribution in [2.24, 2.45) is 0 Å². The number of hydrogen-bond acceptors (Lipinski definition) is 1. The van der Waals surface area contributed by atoms with Crippen molar-refractivity contribution < 1.29 is 22.4 Å². The molecule has 6 heteroatoms. The Labute approximate surface area is 95.8 Å². The molecular weight excluding hydrogens is 238 g/mol. The highest BCUT2D eigenvalue weighted by Crippen LogP contribution is 2.18. The van der Waals surface area contributed by atoms with E-state index in [1.54, 1.807) is 0 Å². The van der Waals surface area contributed by atoms with E-state index in [-0.39, 0.29) is 12.1 Å². The van der Waals surface area contributed by atoms with E-state index in [2.05, 4.69) is 0 Å². The molecule has 1 amide bonds. The molecule has 0 heterocycles. The molecule has 0 aromatic heterocycles. The molecule has 0 atom stereocenters. The van der Waals surface area contributed by atoms with Crippen LogP contribution in [0.3, 0.4) is 0 Å². The predicted octanol–water partition coefficient (Wildman–Crippen LogP) is 2.85. The van der Waals surface area contributed by atoms with Gasteiger partial charge in [0.05, 0.1) is 5.56 Å². The van der Waals surface area contributed by atoms with Crippen molar-refractivity contribution in [2.45, 2.75) is 13.1 Å². The molecule has 0 spiro atoms. The maximum atomic E-state index is 13.2. The summed E-state index contributed by atoms with van der Waals surface area (Å²) in [5.41, 5.74) is -0.349. The second kappa shape index (κ2) is 5.16. The second-order valence-corrected chi connectivity index (χ2v) is 3.41. The lowest BCUT2D eigenvalue weighted by Crippen LogP contribution is -2.39. The van der Waals surface area contributed by atoms with Crippen molar-refractivity contribution in [1.82, 2.24) is 4.90 Å². The van der Waals surface area contributed by atoms with Gasteiger partial charge in [-0.2, -0.15) is 13.2 Å². The standard InChI is InChI=1S/C11H11F4NO/c1-2-16(7-11(13,14)15)10(17)8-5-3-4-6-9(8)12/h3-6H,2,7H2,1H3. The van der Waals surface area contributed by atoms with E-state index in [1.165, 1.54) is 19.1 Å². The topological polar surface area (TPSA) is 20.3 Å². The van der Waals surface area contributed by atoms with Crippen molar-refractivity contribution in [3.63, 3.8) is 0 Å². The van der Waals surface area contributed by atoms with Crippen LogP contribution in [0.15, 0.2) is 24.3 Å². The zero-order valence-electron chi connectivity index (χ0n) is 9.09. The van der Waals surface area contributed by atoms with Crippen LogP contribution in [0.4, 0.5) is 17.6 Å². The lowest BCUT2D eigenvalue weighted by Gasteiger charge is -2.22. The van der Waals surface area contributed by atoms with Crippen LogP contribution in [0.5, 0.6) is 0 Å². The van der Waals surface area contributed by atoms with E-state index in [9.17, 15) is 22.4 Å². The summed E-state index contributed by atoms with van der Waals surface area (Å²) in [5.74, 6) is -1.78. The van der Waals surface area contributed by atoms with Gasteiger partial charge in [0.2, 0.25) is 0 Å². The zero-order valence-corrected chi connectivity index (χ0v) is 9.09. The van der Waals surface area contributed by atoms with Gasteiger partial charge in [-0.3, -0.25) is 4.79 Å². The normalized spacial score (nSPS) is 11.4. The minimum Gasteiger partial charge on any atom is -0.330 e. The Morgan fingerprint density at radius 2 is 1.88 bits per heavy atom. The molecule has 1 rings (SSSR count). The molecule has 0 fully saturated rings. The van der Waals surface area contributed by atoms with Gasteiger partial charge in [-0.25, -0.2) is 4.39 Å². The third-order valence-electron chi connectivity index (χ3n) is 2.14. The first-order chi connectivity index (χ1) is 7.85. The number of hydrogen-bond donors (Lipinski definition) is 0. The number of amides is 1. The summed E-state index contributed by atoms with van der Waals surface area (Å²) in [4.78, 5) is 12.2. The highest BCUT2D eigenvalue weighted by molar-refractivity contribution is 5.94. The summed E-state index contributed by atoms with van der Waals surface area (Å²) in [6.07, 6.45) is -4.49. The van der Waals surface area contributed by atoms with Gasteiger partial charge in [0.1, 0.15) is 12.4 Å². The molecule has 0 bridgehead atoms. The molecule has 0 unspecified atom stereocenters. The summed E-state index contributed by atoms with van der Waals surface area (Å²) < 4.78 is 49.8. The Balaban J connectivity index is 2.91. The van der Waals surface area contributed by atoms with Crippen LogP contribution < -0.4 is 0 Å². The maximum Gasteiger partial charge on any atom is 0.406 e. The molecular formula is C11H11F4NO. The fourth-order valence-electron chi connectivity index (χ4n) is 1.35. The molecule has 0 saturated carbocycles. The molecule has 0 saturated heterocycles. The van der Waals surface area contributed by atoms with Crippen molar-refractivity contribution in [2.75, 3.05) is 13.1 Å². The van der Waals surface area contributed by atoms with Gasteiger partial charge < -0.3 is 4.90 Å². The van der Waals surface area contributed by atoms with E-state index in [1.807, 2.05) is 0 Å². The summed E-state index contributed by atoms with van der Waals surface area (Å²) >= 11 is 0. The van der Waals surface area contributed by atoms with Crippen LogP contribution in [-0.4, -0.2) is 30.1 Å². The minimum atomic E-state index is -4.49. The zero-order chi connectivity index (χ0) is 13.1. The van der Waals surface area contributed by atoms with Crippen molar-refractivity contribution in [1.29, 1.82) is 0 Å². The predicted molar refractivity (Wildman–Crippen MR) is 54.0 cm³/mol. The summed E-state index contributed by atoms with van der Waals surface area (Å²) in [6.45, 7) is -0.103. The summed E-state index contributed by atoms with van der Waals surface area (Å²) in [6, 6.07) is 4.97. The molecule has 17 heavy (non-hydrogen) atoms. The highest BCUT2D eigenvalue weighted by Gasteiger charge is 2.33. The Bertz CT molecular complexity index is 403. The maximum absolute atomic E-state index is 13.2. The van der Waals surface area contributed by atoms with Crippen LogP contribution >= 0.6 is 0 Å². The molecule has 94 valence electrons. The van der Waals surface area contributed by atoms with Gasteiger partial charge in [0, 0.05) is 6.54 Å². The van der Waals surface area contributed by atoms with E-state index < -0.39 is 24.4 Å². The molecule has 0 aliphatic carbocycles. The van der Waals surface area contributed by atoms with Crippen LogP contribution in [0.1, 0.15) is 17.3 Å². The van der Waals surface area contributed by atoms with Crippen molar-refractivity contribution >= 4 is 5.91 Å². The Morgan fingerprint density at radius 1 is 1.29 bits per heavy atom. The first-order valence-corrected chi connectivity index (χ1v) is 4.95. The monoisotopic (exact) mass is 249 g/mol. The minimum absolute atomic E-state index is 0.132. The first-order valence-electron chi connectivity index (χ1n) is 4.95. The molecule has 2 nitrogen and oxygen atoms in total. The van der Waals surface area contributed by atoms with Crippen LogP contribution in [0.25, 0.3) is 0 Å². The van der Waals surface area contributed by atoms with Gasteiger partial charge >= 0.3 is 6.18 Å². The van der Waals surface area contributed by atoms with E-state index in [0.29, 0.717) is 4.90 Å². The molecule has 1 aromatic rings. The Morgan fingerprint density at radius 3 is 2.35 bits per heavy atom. The molecule has 0 N–H and O–H groups in total.